The van der Waals surface area contributed by atoms with Crippen molar-refractivity contribution >= 4 is 5.96 Å². The Bertz CT molecular complexity index is 507. The van der Waals surface area contributed by atoms with Crippen LogP contribution in [0.2, 0.25) is 0 Å². The van der Waals surface area contributed by atoms with Crippen molar-refractivity contribution in [2.75, 3.05) is 39.8 Å². The van der Waals surface area contributed by atoms with Crippen LogP contribution in [0, 0.1) is 11.8 Å². The molecule has 1 aliphatic carbocycles. The molecular weight excluding hydrogens is 302 g/mol. The van der Waals surface area contributed by atoms with Crippen LogP contribution in [0.15, 0.2) is 21.8 Å². The highest BCUT2D eigenvalue weighted by Gasteiger charge is 2.24. The van der Waals surface area contributed by atoms with Gasteiger partial charge in [0.05, 0.1) is 5.69 Å². The number of aliphatic imine (C=N–C) groups is 1. The summed E-state index contributed by atoms with van der Waals surface area (Å²) >= 11 is 0. The zero-order valence-electron chi connectivity index (χ0n) is 15.1. The lowest BCUT2D eigenvalue weighted by atomic mass is 9.80. The second-order valence-corrected chi connectivity index (χ2v) is 7.20. The second kappa shape index (κ2) is 8.51. The molecule has 1 saturated heterocycles. The highest BCUT2D eigenvalue weighted by Crippen LogP contribution is 2.28. The summed E-state index contributed by atoms with van der Waals surface area (Å²) in [6.07, 6.45) is 7.17. The van der Waals surface area contributed by atoms with Crippen LogP contribution in [0.1, 0.15) is 38.3 Å². The van der Waals surface area contributed by atoms with Crippen LogP contribution < -0.4 is 5.32 Å². The fourth-order valence-corrected chi connectivity index (χ4v) is 3.92. The molecule has 2 unspecified atom stereocenters. The average Bonchev–Trinajstić information content (AvgIpc) is 3.11. The lowest BCUT2D eigenvalue weighted by Crippen LogP contribution is -2.53. The Labute approximate surface area is 145 Å². The topological polar surface area (TPSA) is 56.9 Å². The Morgan fingerprint density at radius 1 is 1.29 bits per heavy atom. The second-order valence-electron chi connectivity index (χ2n) is 7.20. The molecule has 1 aromatic rings. The van der Waals surface area contributed by atoms with Gasteiger partial charge in [-0.15, -0.1) is 0 Å². The molecule has 2 fully saturated rings. The molecule has 2 atom stereocenters. The van der Waals surface area contributed by atoms with Gasteiger partial charge in [-0.3, -0.25) is 9.89 Å². The monoisotopic (exact) mass is 333 g/mol. The van der Waals surface area contributed by atoms with Crippen molar-refractivity contribution in [2.45, 2.75) is 39.2 Å². The number of piperazine rings is 1. The smallest absolute Gasteiger partial charge is 0.193 e. The first-order chi connectivity index (χ1) is 11.8. The average molecular weight is 333 g/mol. The van der Waals surface area contributed by atoms with Gasteiger partial charge in [0.25, 0.3) is 0 Å². The largest absolute Gasteiger partial charge is 0.364 e. The fourth-order valence-electron chi connectivity index (χ4n) is 3.92. The van der Waals surface area contributed by atoms with Crippen molar-refractivity contribution in [3.05, 3.63) is 18.0 Å². The summed E-state index contributed by atoms with van der Waals surface area (Å²) in [4.78, 5) is 9.31. The van der Waals surface area contributed by atoms with Crippen LogP contribution in [-0.2, 0) is 6.54 Å². The van der Waals surface area contributed by atoms with Gasteiger partial charge in [-0.1, -0.05) is 31.3 Å². The Balaban J connectivity index is 1.43. The predicted molar refractivity (Wildman–Crippen MR) is 95.8 cm³/mol. The van der Waals surface area contributed by atoms with E-state index in [1.807, 2.05) is 13.1 Å². The summed E-state index contributed by atoms with van der Waals surface area (Å²) in [6.45, 7) is 8.43. The Morgan fingerprint density at radius 3 is 2.75 bits per heavy atom. The van der Waals surface area contributed by atoms with Gasteiger partial charge in [-0.05, 0) is 18.3 Å². The van der Waals surface area contributed by atoms with Gasteiger partial charge in [0, 0.05) is 52.4 Å². The van der Waals surface area contributed by atoms with Crippen LogP contribution in [0.5, 0.6) is 0 Å². The first-order valence-electron chi connectivity index (χ1n) is 9.33. The van der Waals surface area contributed by atoms with E-state index in [4.69, 9.17) is 4.52 Å². The minimum Gasteiger partial charge on any atom is -0.364 e. The Hall–Kier alpha value is -1.56. The molecule has 0 radical (unpaired) electrons. The normalized spacial score (nSPS) is 26.6. The van der Waals surface area contributed by atoms with E-state index in [0.717, 1.165) is 62.8 Å². The standard InChI is InChI=1S/C18H31N5O/c1-15-5-3-4-6-16(15)13-20-18(19-2)23-10-8-22(9-11-23)14-17-7-12-24-21-17/h7,12,15-16H,3-6,8-11,13-14H2,1-2H3,(H,19,20). The van der Waals surface area contributed by atoms with Crippen molar-refractivity contribution < 1.29 is 4.52 Å². The third-order valence-corrected chi connectivity index (χ3v) is 5.57. The van der Waals surface area contributed by atoms with Gasteiger partial charge in [0.15, 0.2) is 5.96 Å². The summed E-state index contributed by atoms with van der Waals surface area (Å²) in [5.74, 6) is 2.70. The van der Waals surface area contributed by atoms with Gasteiger partial charge in [-0.2, -0.15) is 0 Å². The van der Waals surface area contributed by atoms with Crippen LogP contribution >= 0.6 is 0 Å². The molecule has 24 heavy (non-hydrogen) atoms. The maximum Gasteiger partial charge on any atom is 0.193 e. The minimum atomic E-state index is 0.795. The molecular formula is C18H31N5O. The number of guanidine groups is 1. The molecule has 134 valence electrons. The highest BCUT2D eigenvalue weighted by atomic mass is 16.5. The number of nitrogens with one attached hydrogen (secondary N) is 1. The molecule has 0 amide bonds. The van der Waals surface area contributed by atoms with Gasteiger partial charge < -0.3 is 14.7 Å². The molecule has 0 spiro atoms. The van der Waals surface area contributed by atoms with E-state index in [2.05, 4.69) is 32.2 Å². The Kier molecular flexibility index (Phi) is 6.12. The van der Waals surface area contributed by atoms with Gasteiger partial charge in [-0.25, -0.2) is 0 Å². The molecule has 3 rings (SSSR count). The summed E-state index contributed by atoms with van der Waals surface area (Å²) in [6, 6.07) is 1.94. The molecule has 2 aliphatic rings. The van der Waals surface area contributed by atoms with Crippen molar-refractivity contribution in [2.24, 2.45) is 16.8 Å². The third-order valence-electron chi connectivity index (χ3n) is 5.57. The Morgan fingerprint density at radius 2 is 2.08 bits per heavy atom. The van der Waals surface area contributed by atoms with Crippen LogP contribution in [0.25, 0.3) is 0 Å². The SMILES string of the molecule is CN=C(NCC1CCCCC1C)N1CCN(Cc2ccon2)CC1. The lowest BCUT2D eigenvalue weighted by Gasteiger charge is -2.37. The summed E-state index contributed by atoms with van der Waals surface area (Å²) in [5, 5.41) is 7.63. The molecule has 1 aromatic heterocycles. The van der Waals surface area contributed by atoms with Crippen molar-refractivity contribution in [1.29, 1.82) is 0 Å². The summed E-state index contributed by atoms with van der Waals surface area (Å²) in [7, 11) is 1.90. The first kappa shape index (κ1) is 17.3. The molecule has 6 nitrogen and oxygen atoms in total. The maximum atomic E-state index is 4.91. The van der Waals surface area contributed by atoms with E-state index in [9.17, 15) is 0 Å². The molecule has 2 heterocycles. The van der Waals surface area contributed by atoms with Gasteiger partial charge in [0.2, 0.25) is 0 Å². The highest BCUT2D eigenvalue weighted by molar-refractivity contribution is 5.80. The number of hydrogen-bond donors (Lipinski definition) is 1. The molecule has 0 aromatic carbocycles. The number of rotatable bonds is 4. The van der Waals surface area contributed by atoms with Crippen molar-refractivity contribution in [3.8, 4) is 0 Å². The van der Waals surface area contributed by atoms with Crippen LogP contribution in [0.3, 0.4) is 0 Å². The number of nitrogens with zero attached hydrogens (tertiary/aromatic N) is 4. The van der Waals surface area contributed by atoms with E-state index in [1.54, 1.807) is 6.26 Å². The summed E-state index contributed by atoms with van der Waals surface area (Å²) < 4.78 is 4.91. The molecule has 1 saturated carbocycles. The van der Waals surface area contributed by atoms with Gasteiger partial charge >= 0.3 is 0 Å². The minimum absolute atomic E-state index is 0.795. The molecule has 1 N–H and O–H groups in total. The fraction of sp³-hybridized carbons (Fsp3) is 0.778. The van der Waals surface area contributed by atoms with E-state index in [-0.39, 0.29) is 0 Å². The van der Waals surface area contributed by atoms with E-state index in [0.29, 0.717) is 0 Å². The van der Waals surface area contributed by atoms with Gasteiger partial charge in [0.1, 0.15) is 6.26 Å². The van der Waals surface area contributed by atoms with E-state index >= 15 is 0 Å². The zero-order valence-corrected chi connectivity index (χ0v) is 15.1. The quantitative estimate of drug-likeness (QED) is 0.676. The number of aromatic nitrogens is 1. The third kappa shape index (κ3) is 4.50. The first-order valence-corrected chi connectivity index (χ1v) is 9.33. The lowest BCUT2D eigenvalue weighted by molar-refractivity contribution is 0.167. The van der Waals surface area contributed by atoms with Crippen LogP contribution in [-0.4, -0.2) is 60.7 Å². The number of hydrogen-bond acceptors (Lipinski definition) is 4. The maximum absolute atomic E-state index is 4.91. The molecule has 0 bridgehead atoms. The molecule has 6 heteroatoms. The predicted octanol–water partition coefficient (Wildman–Crippen LogP) is 2.19. The van der Waals surface area contributed by atoms with E-state index < -0.39 is 0 Å². The van der Waals surface area contributed by atoms with Crippen molar-refractivity contribution in [1.82, 2.24) is 20.3 Å². The van der Waals surface area contributed by atoms with Crippen LogP contribution in [0.4, 0.5) is 0 Å². The summed E-state index contributed by atoms with van der Waals surface area (Å²) in [5.41, 5.74) is 1.01. The van der Waals surface area contributed by atoms with E-state index in [1.165, 1.54) is 25.7 Å². The van der Waals surface area contributed by atoms with Crippen molar-refractivity contribution in [3.63, 3.8) is 0 Å². The zero-order chi connectivity index (χ0) is 16.8. The molecule has 1 aliphatic heterocycles.